The van der Waals surface area contributed by atoms with Crippen molar-refractivity contribution in [2.75, 3.05) is 52.3 Å². The van der Waals surface area contributed by atoms with Crippen LogP contribution in [0.1, 0.15) is 0 Å². The largest absolute Gasteiger partial charge is 0.497 e. The minimum Gasteiger partial charge on any atom is -0.497 e. The third-order valence-corrected chi connectivity index (χ3v) is 4.85. The molecule has 2 aromatic rings. The summed E-state index contributed by atoms with van der Waals surface area (Å²) < 4.78 is 10.8. The first-order valence-electron chi connectivity index (χ1n) is 7.32. The summed E-state index contributed by atoms with van der Waals surface area (Å²) in [6.45, 7) is 4.21. The monoisotopic (exact) mass is 319 g/mol. The molecule has 1 fully saturated rings. The average Bonchev–Trinajstić information content (AvgIpc) is 3.04. The Morgan fingerprint density at radius 1 is 1.09 bits per heavy atom. The number of piperazine rings is 1. The number of hydrogen-bond donors (Lipinski definition) is 0. The fourth-order valence-corrected chi connectivity index (χ4v) is 3.42. The summed E-state index contributed by atoms with van der Waals surface area (Å²) in [6, 6.07) is 5.79. The minimum absolute atomic E-state index is 0.810. The zero-order chi connectivity index (χ0) is 15.5. The summed E-state index contributed by atoms with van der Waals surface area (Å²) in [5, 5.41) is 3.17. The van der Waals surface area contributed by atoms with E-state index in [2.05, 4.69) is 22.2 Å². The van der Waals surface area contributed by atoms with Crippen LogP contribution in [0.15, 0.2) is 23.6 Å². The first-order chi connectivity index (χ1) is 10.7. The fourth-order valence-electron chi connectivity index (χ4n) is 2.55. The molecule has 0 amide bonds. The van der Waals surface area contributed by atoms with E-state index in [0.717, 1.165) is 54.1 Å². The maximum absolute atomic E-state index is 5.46. The topological polar surface area (TPSA) is 37.8 Å². The van der Waals surface area contributed by atoms with Gasteiger partial charge >= 0.3 is 0 Å². The maximum atomic E-state index is 5.46. The Labute approximate surface area is 135 Å². The van der Waals surface area contributed by atoms with Gasteiger partial charge in [-0.05, 0) is 25.2 Å². The molecule has 0 saturated carbocycles. The molecule has 1 aromatic heterocycles. The molecule has 0 atom stereocenters. The van der Waals surface area contributed by atoms with Crippen molar-refractivity contribution in [1.82, 2.24) is 9.88 Å². The quantitative estimate of drug-likeness (QED) is 0.866. The van der Waals surface area contributed by atoms with Crippen LogP contribution in [0, 0.1) is 0 Å². The molecule has 1 aliphatic heterocycles. The lowest BCUT2D eigenvalue weighted by Gasteiger charge is -2.32. The van der Waals surface area contributed by atoms with Gasteiger partial charge in [0.1, 0.15) is 11.5 Å². The van der Waals surface area contributed by atoms with Crippen LogP contribution in [-0.2, 0) is 0 Å². The summed E-state index contributed by atoms with van der Waals surface area (Å²) >= 11 is 1.68. The Morgan fingerprint density at radius 3 is 2.55 bits per heavy atom. The SMILES string of the molecule is COc1ccc(OC)c(-c2csc(N3CCN(C)CC3)n2)c1. The lowest BCUT2D eigenvalue weighted by Crippen LogP contribution is -2.44. The van der Waals surface area contributed by atoms with Crippen molar-refractivity contribution in [3.63, 3.8) is 0 Å². The van der Waals surface area contributed by atoms with Crippen LogP contribution >= 0.6 is 11.3 Å². The van der Waals surface area contributed by atoms with Crippen LogP contribution in [0.5, 0.6) is 11.5 Å². The summed E-state index contributed by atoms with van der Waals surface area (Å²) in [5.41, 5.74) is 1.91. The van der Waals surface area contributed by atoms with Crippen LogP contribution in [0.3, 0.4) is 0 Å². The van der Waals surface area contributed by atoms with Crippen molar-refractivity contribution in [2.45, 2.75) is 0 Å². The summed E-state index contributed by atoms with van der Waals surface area (Å²) in [6.07, 6.45) is 0. The number of ether oxygens (including phenoxy) is 2. The van der Waals surface area contributed by atoms with E-state index in [-0.39, 0.29) is 0 Å². The van der Waals surface area contributed by atoms with E-state index < -0.39 is 0 Å². The van der Waals surface area contributed by atoms with E-state index in [1.54, 1.807) is 25.6 Å². The number of aromatic nitrogens is 1. The third kappa shape index (κ3) is 3.03. The highest BCUT2D eigenvalue weighted by Crippen LogP contribution is 2.35. The zero-order valence-corrected chi connectivity index (χ0v) is 14.0. The molecule has 0 N–H and O–H groups in total. The van der Waals surface area contributed by atoms with Crippen molar-refractivity contribution >= 4 is 16.5 Å². The first-order valence-corrected chi connectivity index (χ1v) is 8.20. The van der Waals surface area contributed by atoms with Gasteiger partial charge in [0.2, 0.25) is 0 Å². The van der Waals surface area contributed by atoms with E-state index >= 15 is 0 Å². The Hall–Kier alpha value is -1.79. The van der Waals surface area contributed by atoms with Crippen molar-refractivity contribution < 1.29 is 9.47 Å². The zero-order valence-electron chi connectivity index (χ0n) is 13.2. The van der Waals surface area contributed by atoms with Gasteiger partial charge in [0.25, 0.3) is 0 Å². The molecule has 0 unspecified atom stereocenters. The number of nitrogens with zero attached hydrogens (tertiary/aromatic N) is 3. The molecule has 1 aromatic carbocycles. The highest BCUT2D eigenvalue weighted by Gasteiger charge is 2.18. The molecular weight excluding hydrogens is 298 g/mol. The second-order valence-electron chi connectivity index (χ2n) is 5.37. The molecule has 0 bridgehead atoms. The highest BCUT2D eigenvalue weighted by atomic mass is 32.1. The fraction of sp³-hybridized carbons (Fsp3) is 0.438. The second-order valence-corrected chi connectivity index (χ2v) is 6.21. The van der Waals surface area contributed by atoms with Crippen molar-refractivity contribution in [1.29, 1.82) is 0 Å². The second kappa shape index (κ2) is 6.54. The van der Waals surface area contributed by atoms with Gasteiger partial charge in [-0.3, -0.25) is 0 Å². The molecule has 6 heteroatoms. The number of anilines is 1. The van der Waals surface area contributed by atoms with Crippen LogP contribution < -0.4 is 14.4 Å². The third-order valence-electron chi connectivity index (χ3n) is 3.95. The highest BCUT2D eigenvalue weighted by molar-refractivity contribution is 7.14. The first kappa shape index (κ1) is 15.1. The Bertz CT molecular complexity index is 636. The van der Waals surface area contributed by atoms with Crippen LogP contribution in [-0.4, -0.2) is 57.3 Å². The van der Waals surface area contributed by atoms with Gasteiger partial charge in [0.05, 0.1) is 19.9 Å². The Balaban J connectivity index is 1.87. The predicted octanol–water partition coefficient (Wildman–Crippen LogP) is 2.58. The van der Waals surface area contributed by atoms with Crippen LogP contribution in [0.2, 0.25) is 0 Å². The van der Waals surface area contributed by atoms with E-state index in [0.29, 0.717) is 0 Å². The molecule has 2 heterocycles. The average molecular weight is 319 g/mol. The number of rotatable bonds is 4. The molecule has 3 rings (SSSR count). The lowest BCUT2D eigenvalue weighted by molar-refractivity contribution is 0.313. The van der Waals surface area contributed by atoms with Crippen molar-refractivity contribution in [2.24, 2.45) is 0 Å². The number of methoxy groups -OCH3 is 2. The number of hydrogen-bond acceptors (Lipinski definition) is 6. The number of likely N-dealkylation sites (N-methyl/N-ethyl adjacent to an activating group) is 1. The van der Waals surface area contributed by atoms with Crippen LogP contribution in [0.25, 0.3) is 11.3 Å². The number of benzene rings is 1. The van der Waals surface area contributed by atoms with Gasteiger partial charge in [-0.2, -0.15) is 0 Å². The van der Waals surface area contributed by atoms with Crippen molar-refractivity contribution in [3.8, 4) is 22.8 Å². The molecule has 22 heavy (non-hydrogen) atoms. The van der Waals surface area contributed by atoms with Gasteiger partial charge in [-0.15, -0.1) is 11.3 Å². The Morgan fingerprint density at radius 2 is 1.86 bits per heavy atom. The standard InChI is InChI=1S/C16H21N3O2S/c1-18-6-8-19(9-7-18)16-17-14(11-22-16)13-10-12(20-2)4-5-15(13)21-3/h4-5,10-11H,6-9H2,1-3H3. The van der Waals surface area contributed by atoms with Gasteiger partial charge in [-0.25, -0.2) is 4.98 Å². The molecule has 1 aliphatic rings. The molecule has 0 aliphatic carbocycles. The van der Waals surface area contributed by atoms with Gasteiger partial charge in [0, 0.05) is 37.1 Å². The molecular formula is C16H21N3O2S. The Kier molecular flexibility index (Phi) is 4.49. The van der Waals surface area contributed by atoms with Crippen molar-refractivity contribution in [3.05, 3.63) is 23.6 Å². The van der Waals surface area contributed by atoms with Gasteiger partial charge in [-0.1, -0.05) is 0 Å². The lowest BCUT2D eigenvalue weighted by atomic mass is 10.1. The van der Waals surface area contributed by atoms with Gasteiger partial charge in [0.15, 0.2) is 5.13 Å². The summed E-state index contributed by atoms with van der Waals surface area (Å²) in [7, 11) is 5.51. The molecule has 0 spiro atoms. The van der Waals surface area contributed by atoms with E-state index in [4.69, 9.17) is 14.5 Å². The minimum atomic E-state index is 0.810. The molecule has 5 nitrogen and oxygen atoms in total. The van der Waals surface area contributed by atoms with Gasteiger partial charge < -0.3 is 19.3 Å². The van der Waals surface area contributed by atoms with E-state index in [1.165, 1.54) is 0 Å². The summed E-state index contributed by atoms with van der Waals surface area (Å²) in [4.78, 5) is 9.49. The van der Waals surface area contributed by atoms with E-state index in [1.807, 2.05) is 18.2 Å². The molecule has 0 radical (unpaired) electrons. The number of thiazole rings is 1. The summed E-state index contributed by atoms with van der Waals surface area (Å²) in [5.74, 6) is 1.63. The smallest absolute Gasteiger partial charge is 0.185 e. The van der Waals surface area contributed by atoms with Crippen LogP contribution in [0.4, 0.5) is 5.13 Å². The molecule has 118 valence electrons. The normalized spacial score (nSPS) is 15.9. The maximum Gasteiger partial charge on any atom is 0.185 e. The van der Waals surface area contributed by atoms with E-state index in [9.17, 15) is 0 Å². The predicted molar refractivity (Wildman–Crippen MR) is 90.4 cm³/mol. The molecule has 1 saturated heterocycles.